The Balaban J connectivity index is 2.29. The standard InChI is InChI=1S/C18H25NO3S/c1-12-7-15(18(4,5)6)8-13(2)17(12)11-23(20,21)10-16-9-14(3)19-22-16/h7-9H,10-11H2,1-6H3. The van der Waals surface area contributed by atoms with Crippen LogP contribution in [0.25, 0.3) is 0 Å². The molecule has 0 amide bonds. The van der Waals surface area contributed by atoms with E-state index in [1.165, 1.54) is 5.56 Å². The van der Waals surface area contributed by atoms with Gasteiger partial charge in [-0.3, -0.25) is 0 Å². The number of aromatic nitrogens is 1. The van der Waals surface area contributed by atoms with Crippen molar-refractivity contribution >= 4 is 9.84 Å². The molecule has 0 unspecified atom stereocenters. The van der Waals surface area contributed by atoms with Crippen LogP contribution in [0.3, 0.4) is 0 Å². The number of nitrogens with zero attached hydrogens (tertiary/aromatic N) is 1. The van der Waals surface area contributed by atoms with Crippen molar-refractivity contribution in [1.82, 2.24) is 5.16 Å². The highest BCUT2D eigenvalue weighted by Crippen LogP contribution is 2.28. The molecule has 0 spiro atoms. The van der Waals surface area contributed by atoms with Gasteiger partial charge in [0.1, 0.15) is 5.75 Å². The summed E-state index contributed by atoms with van der Waals surface area (Å²) in [6.45, 7) is 12.2. The number of hydrogen-bond acceptors (Lipinski definition) is 4. The third-order valence-corrected chi connectivity index (χ3v) is 5.42. The molecular weight excluding hydrogens is 310 g/mol. The zero-order valence-corrected chi connectivity index (χ0v) is 15.5. The smallest absolute Gasteiger partial charge is 0.161 e. The van der Waals surface area contributed by atoms with Gasteiger partial charge >= 0.3 is 0 Å². The molecule has 2 rings (SSSR count). The van der Waals surface area contributed by atoms with E-state index >= 15 is 0 Å². The van der Waals surface area contributed by atoms with E-state index in [2.05, 4.69) is 38.1 Å². The minimum Gasteiger partial charge on any atom is -0.360 e. The van der Waals surface area contributed by atoms with Gasteiger partial charge in [0, 0.05) is 6.07 Å². The molecule has 0 atom stereocenters. The lowest BCUT2D eigenvalue weighted by Crippen LogP contribution is -2.14. The highest BCUT2D eigenvalue weighted by molar-refractivity contribution is 7.89. The normalized spacial score (nSPS) is 12.6. The number of hydrogen-bond donors (Lipinski definition) is 0. The van der Waals surface area contributed by atoms with Crippen LogP contribution in [0.15, 0.2) is 22.7 Å². The second-order valence-corrected chi connectivity index (χ2v) is 9.37. The second kappa shape index (κ2) is 6.11. The van der Waals surface area contributed by atoms with E-state index in [1.807, 2.05) is 13.8 Å². The van der Waals surface area contributed by atoms with Crippen molar-refractivity contribution in [2.24, 2.45) is 0 Å². The Kier molecular flexibility index (Phi) is 4.71. The van der Waals surface area contributed by atoms with Gasteiger partial charge in [-0.1, -0.05) is 38.1 Å². The molecule has 0 radical (unpaired) electrons. The molecule has 1 aromatic heterocycles. The summed E-state index contributed by atoms with van der Waals surface area (Å²) < 4.78 is 30.0. The predicted octanol–water partition coefficient (Wildman–Crippen LogP) is 4.01. The Labute approximate surface area is 138 Å². The molecule has 0 bridgehead atoms. The first-order chi connectivity index (χ1) is 10.5. The third kappa shape index (κ3) is 4.44. The maximum absolute atomic E-state index is 12.5. The van der Waals surface area contributed by atoms with E-state index in [-0.39, 0.29) is 16.9 Å². The third-order valence-electron chi connectivity index (χ3n) is 3.97. The molecule has 0 saturated carbocycles. The minimum atomic E-state index is -3.30. The van der Waals surface area contributed by atoms with E-state index in [4.69, 9.17) is 4.52 Å². The van der Waals surface area contributed by atoms with E-state index in [1.54, 1.807) is 13.0 Å². The van der Waals surface area contributed by atoms with Crippen LogP contribution in [0.4, 0.5) is 0 Å². The van der Waals surface area contributed by atoms with E-state index < -0.39 is 9.84 Å². The van der Waals surface area contributed by atoms with Gasteiger partial charge in [0.25, 0.3) is 0 Å². The van der Waals surface area contributed by atoms with Crippen molar-refractivity contribution in [3.05, 3.63) is 51.9 Å². The summed E-state index contributed by atoms with van der Waals surface area (Å²) in [4.78, 5) is 0. The maximum atomic E-state index is 12.5. The van der Waals surface area contributed by atoms with E-state index in [0.717, 1.165) is 16.7 Å². The molecule has 5 heteroatoms. The van der Waals surface area contributed by atoms with Gasteiger partial charge < -0.3 is 4.52 Å². The van der Waals surface area contributed by atoms with Crippen LogP contribution in [0.5, 0.6) is 0 Å². The van der Waals surface area contributed by atoms with Crippen molar-refractivity contribution in [2.45, 2.75) is 58.5 Å². The summed E-state index contributed by atoms with van der Waals surface area (Å²) in [6.07, 6.45) is 0. The Morgan fingerprint density at radius 1 is 1.00 bits per heavy atom. The molecular formula is C18H25NO3S. The fraction of sp³-hybridized carbons (Fsp3) is 0.500. The molecule has 0 N–H and O–H groups in total. The largest absolute Gasteiger partial charge is 0.360 e. The molecule has 2 aromatic rings. The molecule has 0 aliphatic heterocycles. The molecule has 4 nitrogen and oxygen atoms in total. The van der Waals surface area contributed by atoms with Crippen molar-refractivity contribution in [2.75, 3.05) is 0 Å². The Morgan fingerprint density at radius 2 is 1.57 bits per heavy atom. The Bertz CT molecular complexity index is 788. The van der Waals surface area contributed by atoms with Gasteiger partial charge in [0.05, 0.1) is 11.4 Å². The van der Waals surface area contributed by atoms with Crippen molar-refractivity contribution in [3.63, 3.8) is 0 Å². The number of benzene rings is 1. The highest BCUT2D eigenvalue weighted by atomic mass is 32.2. The topological polar surface area (TPSA) is 60.2 Å². The van der Waals surface area contributed by atoms with Crippen LogP contribution in [-0.2, 0) is 26.8 Å². The average Bonchev–Trinajstić information content (AvgIpc) is 2.77. The van der Waals surface area contributed by atoms with Gasteiger partial charge in [0.2, 0.25) is 0 Å². The first-order valence-electron chi connectivity index (χ1n) is 7.71. The van der Waals surface area contributed by atoms with Crippen LogP contribution in [0.2, 0.25) is 0 Å². The fourth-order valence-corrected chi connectivity index (χ4v) is 4.19. The molecule has 0 fully saturated rings. The first-order valence-corrected chi connectivity index (χ1v) is 9.53. The minimum absolute atomic E-state index is 0.0227. The number of rotatable bonds is 4. The summed E-state index contributed by atoms with van der Waals surface area (Å²) in [5.41, 5.74) is 4.88. The van der Waals surface area contributed by atoms with Crippen LogP contribution in [0.1, 0.15) is 54.5 Å². The van der Waals surface area contributed by atoms with Gasteiger partial charge in [-0.05, 0) is 48.4 Å². The van der Waals surface area contributed by atoms with Crippen molar-refractivity contribution in [3.8, 4) is 0 Å². The Hall–Kier alpha value is -1.62. The van der Waals surface area contributed by atoms with Crippen LogP contribution < -0.4 is 0 Å². The zero-order chi connectivity index (χ0) is 17.4. The summed E-state index contributed by atoms with van der Waals surface area (Å²) in [5.74, 6) is 0.298. The van der Waals surface area contributed by atoms with Gasteiger partial charge in [-0.15, -0.1) is 0 Å². The molecule has 126 valence electrons. The summed E-state index contributed by atoms with van der Waals surface area (Å²) >= 11 is 0. The van der Waals surface area contributed by atoms with Gasteiger partial charge in [-0.25, -0.2) is 8.42 Å². The molecule has 0 aliphatic carbocycles. The molecule has 1 aromatic carbocycles. The fourth-order valence-electron chi connectivity index (χ4n) is 2.63. The maximum Gasteiger partial charge on any atom is 0.161 e. The average molecular weight is 335 g/mol. The SMILES string of the molecule is Cc1cc(CS(=O)(=O)Cc2c(C)cc(C(C)(C)C)cc2C)on1. The quantitative estimate of drug-likeness (QED) is 0.847. The predicted molar refractivity (Wildman–Crippen MR) is 92.2 cm³/mol. The summed E-state index contributed by atoms with van der Waals surface area (Å²) in [6, 6.07) is 5.85. The monoisotopic (exact) mass is 335 g/mol. The Morgan fingerprint density at radius 3 is 2.00 bits per heavy atom. The molecule has 0 saturated heterocycles. The lowest BCUT2D eigenvalue weighted by Gasteiger charge is -2.22. The first kappa shape index (κ1) is 17.7. The van der Waals surface area contributed by atoms with E-state index in [9.17, 15) is 8.42 Å². The number of aryl methyl sites for hydroxylation is 3. The lowest BCUT2D eigenvalue weighted by molar-refractivity contribution is 0.388. The van der Waals surface area contributed by atoms with Gasteiger partial charge in [0.15, 0.2) is 15.6 Å². The molecule has 23 heavy (non-hydrogen) atoms. The summed E-state index contributed by atoms with van der Waals surface area (Å²) in [7, 11) is -3.30. The van der Waals surface area contributed by atoms with Gasteiger partial charge in [-0.2, -0.15) is 0 Å². The summed E-state index contributed by atoms with van der Waals surface area (Å²) in [5, 5.41) is 3.74. The van der Waals surface area contributed by atoms with E-state index in [0.29, 0.717) is 11.5 Å². The lowest BCUT2D eigenvalue weighted by atomic mass is 9.84. The van der Waals surface area contributed by atoms with Crippen molar-refractivity contribution in [1.29, 1.82) is 0 Å². The van der Waals surface area contributed by atoms with Crippen LogP contribution in [0, 0.1) is 20.8 Å². The van der Waals surface area contributed by atoms with Crippen LogP contribution in [-0.4, -0.2) is 13.6 Å². The number of sulfone groups is 1. The second-order valence-electron chi connectivity index (χ2n) is 7.31. The highest BCUT2D eigenvalue weighted by Gasteiger charge is 2.21. The molecule has 1 heterocycles. The zero-order valence-electron chi connectivity index (χ0n) is 14.7. The van der Waals surface area contributed by atoms with Crippen LogP contribution >= 0.6 is 0 Å². The molecule has 0 aliphatic rings. The van der Waals surface area contributed by atoms with Crippen molar-refractivity contribution < 1.29 is 12.9 Å².